The second-order valence-electron chi connectivity index (χ2n) is 7.10. The molecule has 9 heteroatoms. The molecule has 4 heterocycles. The molecule has 0 spiro atoms. The summed E-state index contributed by atoms with van der Waals surface area (Å²) in [6.45, 7) is 3.22. The Kier molecular flexibility index (Phi) is 5.21. The second kappa shape index (κ2) is 7.79. The molecule has 7 nitrogen and oxygen atoms in total. The molecule has 3 aliphatic rings. The molecule has 3 N–H and O–H groups in total. The molecule has 1 amide bonds. The molecule has 0 radical (unpaired) electrons. The lowest BCUT2D eigenvalue weighted by Crippen LogP contribution is -2.44. The second-order valence-corrected chi connectivity index (χ2v) is 7.53. The van der Waals surface area contributed by atoms with E-state index in [1.54, 1.807) is 19.3 Å². The van der Waals surface area contributed by atoms with Crippen LogP contribution in [-0.2, 0) is 4.79 Å². The number of hydrogen-bond acceptors (Lipinski definition) is 6. The summed E-state index contributed by atoms with van der Waals surface area (Å²) >= 11 is 6.08. The van der Waals surface area contributed by atoms with Gasteiger partial charge in [0.25, 0.3) is 0 Å². The summed E-state index contributed by atoms with van der Waals surface area (Å²) in [5, 5.41) is 9.76. The summed E-state index contributed by atoms with van der Waals surface area (Å²) in [6.07, 6.45) is 9.44. The van der Waals surface area contributed by atoms with Crippen molar-refractivity contribution in [3.05, 3.63) is 46.9 Å². The van der Waals surface area contributed by atoms with Crippen molar-refractivity contribution in [3.63, 3.8) is 0 Å². The number of piperidine rings is 1. The van der Waals surface area contributed by atoms with Crippen LogP contribution < -0.4 is 16.0 Å². The quantitative estimate of drug-likeness (QED) is 0.714. The average Bonchev–Trinajstić information content (AvgIpc) is 3.12. The maximum absolute atomic E-state index is 14.3. The number of nitrogens with one attached hydrogen (secondary N) is 3. The fourth-order valence-corrected chi connectivity index (χ4v) is 3.77. The normalized spacial score (nSPS) is 22.2. The van der Waals surface area contributed by atoms with Gasteiger partial charge in [-0.3, -0.25) is 4.79 Å². The highest BCUT2D eigenvalue weighted by Crippen LogP contribution is 2.31. The fourth-order valence-electron chi connectivity index (χ4n) is 3.59. The molecule has 4 rings (SSSR count). The molecule has 1 saturated heterocycles. The van der Waals surface area contributed by atoms with Crippen molar-refractivity contribution in [2.45, 2.75) is 38.4 Å². The number of amides is 1. The van der Waals surface area contributed by atoms with E-state index >= 15 is 0 Å². The first-order valence-electron chi connectivity index (χ1n) is 9.41. The number of dihydropyridines is 1. The van der Waals surface area contributed by atoms with Gasteiger partial charge in [-0.15, -0.1) is 0 Å². The third-order valence-electron chi connectivity index (χ3n) is 5.07. The van der Waals surface area contributed by atoms with Crippen LogP contribution in [0.3, 0.4) is 0 Å². The predicted octanol–water partition coefficient (Wildman–Crippen LogP) is 2.31. The Labute approximate surface area is 167 Å². The highest BCUT2D eigenvalue weighted by molar-refractivity contribution is 6.31. The van der Waals surface area contributed by atoms with Gasteiger partial charge in [-0.2, -0.15) is 0 Å². The van der Waals surface area contributed by atoms with Crippen molar-refractivity contribution in [1.29, 1.82) is 0 Å². The van der Waals surface area contributed by atoms with Crippen molar-refractivity contribution >= 4 is 28.9 Å². The van der Waals surface area contributed by atoms with Gasteiger partial charge in [0.2, 0.25) is 5.91 Å². The average molecular weight is 405 g/mol. The Morgan fingerprint density at radius 2 is 2.07 bits per heavy atom. The molecular weight excluding hydrogens is 383 g/mol. The van der Waals surface area contributed by atoms with E-state index in [0.29, 0.717) is 10.9 Å². The predicted molar refractivity (Wildman–Crippen MR) is 106 cm³/mol. The van der Waals surface area contributed by atoms with Gasteiger partial charge in [-0.25, -0.2) is 14.4 Å². The maximum Gasteiger partial charge on any atom is 0.244 e. The molecule has 0 aromatic carbocycles. The summed E-state index contributed by atoms with van der Waals surface area (Å²) in [4.78, 5) is 22.9. The van der Waals surface area contributed by atoms with Gasteiger partial charge in [-0.05, 0) is 32.3 Å². The van der Waals surface area contributed by atoms with Crippen LogP contribution in [0.2, 0.25) is 0 Å². The lowest BCUT2D eigenvalue weighted by molar-refractivity contribution is -0.132. The molecule has 3 aliphatic heterocycles. The van der Waals surface area contributed by atoms with Crippen LogP contribution in [0.5, 0.6) is 0 Å². The Morgan fingerprint density at radius 3 is 2.86 bits per heavy atom. The number of carbonyl (C=O) groups is 1. The maximum atomic E-state index is 14.3. The highest BCUT2D eigenvalue weighted by Gasteiger charge is 2.28. The Balaban J connectivity index is 1.53. The summed E-state index contributed by atoms with van der Waals surface area (Å²) in [5.74, 6) is -0.273. The van der Waals surface area contributed by atoms with Crippen molar-refractivity contribution in [2.24, 2.45) is 0 Å². The monoisotopic (exact) mass is 404 g/mol. The zero-order chi connectivity index (χ0) is 19.7. The van der Waals surface area contributed by atoms with Gasteiger partial charge in [0.15, 0.2) is 17.5 Å². The standard InChI is InChI=1S/C19H22ClFN6O/c1-11(19(28)27-5-3-2-4-6-27)25-18-15(21)10-24-17(26-18)14-9-23-16-13(14)7-12(20)8-22-16/h7-11,16,22-23H,2-6H2,1H3,(H,24,25,26)/t11-,16?/m0/s1. The molecule has 28 heavy (non-hydrogen) atoms. The van der Waals surface area contributed by atoms with E-state index < -0.39 is 11.9 Å². The minimum atomic E-state index is -0.598. The number of aromatic nitrogens is 2. The van der Waals surface area contributed by atoms with Crippen LogP contribution in [-0.4, -0.2) is 46.1 Å². The van der Waals surface area contributed by atoms with E-state index in [9.17, 15) is 9.18 Å². The van der Waals surface area contributed by atoms with E-state index in [0.717, 1.165) is 49.7 Å². The Hall–Kier alpha value is -2.61. The summed E-state index contributed by atoms with van der Waals surface area (Å²) in [5.41, 5.74) is 1.60. The van der Waals surface area contributed by atoms with Crippen molar-refractivity contribution in [2.75, 3.05) is 18.4 Å². The van der Waals surface area contributed by atoms with Crippen LogP contribution in [0.1, 0.15) is 32.0 Å². The number of hydrogen-bond donors (Lipinski definition) is 3. The molecule has 2 atom stereocenters. The van der Waals surface area contributed by atoms with Crippen LogP contribution in [0.4, 0.5) is 10.2 Å². The molecule has 1 aromatic rings. The zero-order valence-corrected chi connectivity index (χ0v) is 16.3. The first-order chi connectivity index (χ1) is 13.5. The number of allylic oxidation sites excluding steroid dienone is 2. The Morgan fingerprint density at radius 1 is 1.32 bits per heavy atom. The topological polar surface area (TPSA) is 82.2 Å². The summed E-state index contributed by atoms with van der Waals surface area (Å²) in [7, 11) is 0. The number of halogens is 2. The van der Waals surface area contributed by atoms with Crippen molar-refractivity contribution < 1.29 is 9.18 Å². The molecule has 148 valence electrons. The SMILES string of the molecule is C[C@H](Nc1nc(C2=CNC3NC=C(Cl)C=C23)ncc1F)C(=O)N1CCCCC1. The van der Waals surface area contributed by atoms with E-state index in [-0.39, 0.29) is 17.9 Å². The first-order valence-corrected chi connectivity index (χ1v) is 9.79. The van der Waals surface area contributed by atoms with Crippen molar-refractivity contribution in [1.82, 2.24) is 25.5 Å². The third-order valence-corrected chi connectivity index (χ3v) is 5.29. The number of carbonyl (C=O) groups excluding carboxylic acids is 1. The molecule has 1 unspecified atom stereocenters. The van der Waals surface area contributed by atoms with Crippen LogP contribution >= 0.6 is 11.6 Å². The van der Waals surface area contributed by atoms with Crippen LogP contribution in [0.15, 0.2) is 35.3 Å². The van der Waals surface area contributed by atoms with Gasteiger partial charge >= 0.3 is 0 Å². The number of nitrogens with zero attached hydrogens (tertiary/aromatic N) is 3. The minimum Gasteiger partial charge on any atom is -0.367 e. The summed E-state index contributed by atoms with van der Waals surface area (Å²) in [6, 6.07) is -0.577. The lowest BCUT2D eigenvalue weighted by atomic mass is 10.0. The van der Waals surface area contributed by atoms with Gasteiger partial charge in [0.1, 0.15) is 12.2 Å². The fraction of sp³-hybridized carbons (Fsp3) is 0.421. The number of rotatable bonds is 4. The van der Waals surface area contributed by atoms with E-state index in [4.69, 9.17) is 11.6 Å². The van der Waals surface area contributed by atoms with Crippen molar-refractivity contribution in [3.8, 4) is 0 Å². The molecule has 0 saturated carbocycles. The highest BCUT2D eigenvalue weighted by atomic mass is 35.5. The summed E-state index contributed by atoms with van der Waals surface area (Å²) < 4.78 is 14.3. The smallest absolute Gasteiger partial charge is 0.244 e. The third kappa shape index (κ3) is 3.69. The number of likely N-dealkylation sites (tertiary alicyclic amines) is 1. The molecule has 0 aliphatic carbocycles. The van der Waals surface area contributed by atoms with E-state index in [2.05, 4.69) is 25.9 Å². The molecule has 1 aromatic heterocycles. The van der Waals surface area contributed by atoms with E-state index in [1.165, 1.54) is 0 Å². The molecular formula is C19H22ClFN6O. The van der Waals surface area contributed by atoms with Gasteiger partial charge in [-0.1, -0.05) is 11.6 Å². The molecule has 0 bridgehead atoms. The van der Waals surface area contributed by atoms with Crippen LogP contribution in [0.25, 0.3) is 5.57 Å². The Bertz CT molecular complexity index is 877. The van der Waals surface area contributed by atoms with E-state index in [1.807, 2.05) is 11.0 Å². The largest absolute Gasteiger partial charge is 0.367 e. The minimum absolute atomic E-state index is 0.0122. The molecule has 1 fully saturated rings. The number of anilines is 1. The van der Waals surface area contributed by atoms with Gasteiger partial charge in [0, 0.05) is 36.6 Å². The van der Waals surface area contributed by atoms with Gasteiger partial charge in [0.05, 0.1) is 11.2 Å². The first kappa shape index (κ1) is 18.7. The lowest BCUT2D eigenvalue weighted by Gasteiger charge is -2.29. The van der Waals surface area contributed by atoms with Crippen LogP contribution in [0, 0.1) is 5.82 Å². The zero-order valence-electron chi connectivity index (χ0n) is 15.5. The van der Waals surface area contributed by atoms with Gasteiger partial charge < -0.3 is 20.9 Å². The number of fused-ring (bicyclic) bond motifs is 1.